The molecule has 1 saturated heterocycles. The lowest BCUT2D eigenvalue weighted by molar-refractivity contribution is -0.173. The third kappa shape index (κ3) is 12.8. The molecule has 1 aliphatic rings. The van der Waals surface area contributed by atoms with E-state index in [1.807, 2.05) is 6.92 Å². The molecule has 1 atom stereocenters. The topological polar surface area (TPSA) is 58.1 Å². The summed E-state index contributed by atoms with van der Waals surface area (Å²) in [6.07, 6.45) is -1.57. The van der Waals surface area contributed by atoms with Gasteiger partial charge in [-0.3, -0.25) is 9.89 Å². The maximum atomic E-state index is 12.1. The number of nitrogens with zero attached hydrogens (tertiary/aromatic N) is 2. The summed E-state index contributed by atoms with van der Waals surface area (Å²) in [6.45, 7) is 10.6. The monoisotopic (exact) mass is 538 g/mol. The summed E-state index contributed by atoms with van der Waals surface area (Å²) in [6, 6.07) is 0.365. The summed E-state index contributed by atoms with van der Waals surface area (Å²) in [5.74, 6) is 1.27. The van der Waals surface area contributed by atoms with Gasteiger partial charge < -0.3 is 20.1 Å². The second-order valence-corrected chi connectivity index (χ2v) is 6.96. The van der Waals surface area contributed by atoms with Crippen molar-refractivity contribution in [2.75, 3.05) is 59.2 Å². The van der Waals surface area contributed by atoms with Gasteiger partial charge in [0.15, 0.2) is 5.96 Å². The largest absolute Gasteiger partial charge is 0.411 e. The fourth-order valence-corrected chi connectivity index (χ4v) is 3.40. The van der Waals surface area contributed by atoms with Gasteiger partial charge >= 0.3 is 6.18 Å². The predicted octanol–water partition coefficient (Wildman–Crippen LogP) is 3.27. The molecule has 0 spiro atoms. The number of guanidine groups is 1. The van der Waals surface area contributed by atoms with Gasteiger partial charge in [-0.25, -0.2) is 0 Å². The first-order chi connectivity index (χ1) is 13.4. The first-order valence-electron chi connectivity index (χ1n) is 10.4. The first kappa shape index (κ1) is 28.7. The fraction of sp³-hybridized carbons (Fsp3) is 0.947. The number of hydrogen-bond acceptors (Lipinski definition) is 4. The van der Waals surface area contributed by atoms with E-state index in [0.717, 1.165) is 45.7 Å². The van der Waals surface area contributed by atoms with Gasteiger partial charge in [0.2, 0.25) is 0 Å². The number of nitrogens with one attached hydrogen (secondary N) is 2. The minimum Gasteiger partial charge on any atom is -0.379 e. The SMILES string of the molecule is CCNC(=NCC(C(CC)CC)N1CCOCC1)NCCCOCC(F)(F)F.I. The number of hydrogen-bond donors (Lipinski definition) is 2. The molecule has 0 amide bonds. The summed E-state index contributed by atoms with van der Waals surface area (Å²) in [4.78, 5) is 7.23. The van der Waals surface area contributed by atoms with Crippen LogP contribution in [-0.4, -0.2) is 82.2 Å². The average molecular weight is 538 g/mol. The maximum absolute atomic E-state index is 12.1. The Morgan fingerprint density at radius 1 is 1.14 bits per heavy atom. The summed E-state index contributed by atoms with van der Waals surface area (Å²) in [7, 11) is 0. The molecule has 10 heteroatoms. The number of ether oxygens (including phenoxy) is 2. The third-order valence-electron chi connectivity index (χ3n) is 4.91. The van der Waals surface area contributed by atoms with Gasteiger partial charge in [-0.1, -0.05) is 26.7 Å². The van der Waals surface area contributed by atoms with Crippen molar-refractivity contribution in [3.05, 3.63) is 0 Å². The molecule has 2 N–H and O–H groups in total. The number of alkyl halides is 3. The van der Waals surface area contributed by atoms with E-state index in [4.69, 9.17) is 9.73 Å². The highest BCUT2D eigenvalue weighted by Gasteiger charge is 2.27. The molecule has 0 radical (unpaired) electrons. The molecule has 1 unspecified atom stereocenters. The molecule has 6 nitrogen and oxygen atoms in total. The summed E-state index contributed by atoms with van der Waals surface area (Å²) in [5, 5.41) is 6.39. The van der Waals surface area contributed by atoms with Crippen molar-refractivity contribution < 1.29 is 22.6 Å². The molecule has 29 heavy (non-hydrogen) atoms. The molecule has 1 rings (SSSR count). The van der Waals surface area contributed by atoms with E-state index in [1.165, 1.54) is 0 Å². The second-order valence-electron chi connectivity index (χ2n) is 6.96. The zero-order valence-corrected chi connectivity index (χ0v) is 20.2. The normalized spacial score (nSPS) is 17.1. The third-order valence-corrected chi connectivity index (χ3v) is 4.91. The summed E-state index contributed by atoms with van der Waals surface area (Å²) in [5.41, 5.74) is 0. The number of rotatable bonds is 12. The average Bonchev–Trinajstić information content (AvgIpc) is 2.67. The molecule has 1 heterocycles. The predicted molar refractivity (Wildman–Crippen MR) is 121 cm³/mol. The van der Waals surface area contributed by atoms with Crippen LogP contribution in [0, 0.1) is 5.92 Å². The molecule has 0 aromatic carbocycles. The van der Waals surface area contributed by atoms with E-state index in [2.05, 4.69) is 34.1 Å². The van der Waals surface area contributed by atoms with Crippen LogP contribution in [0.4, 0.5) is 13.2 Å². The van der Waals surface area contributed by atoms with Crippen LogP contribution in [0.5, 0.6) is 0 Å². The van der Waals surface area contributed by atoms with E-state index in [0.29, 0.717) is 37.4 Å². The van der Waals surface area contributed by atoms with Gasteiger partial charge in [0.25, 0.3) is 0 Å². The zero-order chi connectivity index (χ0) is 20.8. The molecular formula is C19H38F3IN4O2. The smallest absolute Gasteiger partial charge is 0.379 e. The molecular weight excluding hydrogens is 500 g/mol. The summed E-state index contributed by atoms with van der Waals surface area (Å²) >= 11 is 0. The van der Waals surface area contributed by atoms with Gasteiger partial charge in [-0.05, 0) is 19.3 Å². The van der Waals surface area contributed by atoms with Gasteiger partial charge in [-0.2, -0.15) is 13.2 Å². The Bertz CT molecular complexity index is 432. The minimum absolute atomic E-state index is 0. The highest BCUT2D eigenvalue weighted by Crippen LogP contribution is 2.20. The van der Waals surface area contributed by atoms with Crippen LogP contribution < -0.4 is 10.6 Å². The molecule has 0 aromatic rings. The van der Waals surface area contributed by atoms with Crippen LogP contribution in [0.2, 0.25) is 0 Å². The van der Waals surface area contributed by atoms with Crippen molar-refractivity contribution in [1.82, 2.24) is 15.5 Å². The lowest BCUT2D eigenvalue weighted by Crippen LogP contribution is -2.49. The van der Waals surface area contributed by atoms with Crippen molar-refractivity contribution >= 4 is 29.9 Å². The highest BCUT2D eigenvalue weighted by molar-refractivity contribution is 14.0. The minimum atomic E-state index is -4.27. The quantitative estimate of drug-likeness (QED) is 0.173. The Morgan fingerprint density at radius 3 is 2.34 bits per heavy atom. The molecule has 0 aliphatic carbocycles. The van der Waals surface area contributed by atoms with Gasteiger partial charge in [0.1, 0.15) is 6.61 Å². The van der Waals surface area contributed by atoms with Crippen LogP contribution in [0.1, 0.15) is 40.0 Å². The highest BCUT2D eigenvalue weighted by atomic mass is 127. The molecule has 1 fully saturated rings. The Balaban J connectivity index is 0.00000784. The van der Waals surface area contributed by atoms with Gasteiger partial charge in [-0.15, -0.1) is 24.0 Å². The molecule has 174 valence electrons. The van der Waals surface area contributed by atoms with E-state index in [-0.39, 0.29) is 30.6 Å². The van der Waals surface area contributed by atoms with Crippen LogP contribution in [0.3, 0.4) is 0 Å². The van der Waals surface area contributed by atoms with E-state index in [1.54, 1.807) is 0 Å². The maximum Gasteiger partial charge on any atom is 0.411 e. The standard InChI is InChI=1S/C19H37F3N4O2.HI/c1-4-16(5-2)17(26-9-12-27-13-10-26)14-25-18(23-6-3)24-8-7-11-28-15-19(20,21)22;/h16-17H,4-15H2,1-3H3,(H2,23,24,25);1H. The number of aliphatic imine (C=N–C) groups is 1. The molecule has 1 aliphatic heterocycles. The lowest BCUT2D eigenvalue weighted by Gasteiger charge is -2.38. The Kier molecular flexibility index (Phi) is 16.2. The molecule has 0 aromatic heterocycles. The van der Waals surface area contributed by atoms with Crippen molar-refractivity contribution in [2.45, 2.75) is 52.3 Å². The van der Waals surface area contributed by atoms with Crippen LogP contribution in [0.15, 0.2) is 4.99 Å². The Hall–Kier alpha value is -0.330. The Morgan fingerprint density at radius 2 is 1.79 bits per heavy atom. The van der Waals surface area contributed by atoms with Crippen LogP contribution in [0.25, 0.3) is 0 Å². The van der Waals surface area contributed by atoms with E-state index >= 15 is 0 Å². The van der Waals surface area contributed by atoms with Crippen molar-refractivity contribution in [2.24, 2.45) is 10.9 Å². The number of morpholine rings is 1. The van der Waals surface area contributed by atoms with Crippen molar-refractivity contribution in [3.8, 4) is 0 Å². The van der Waals surface area contributed by atoms with Gasteiger partial charge in [0.05, 0.1) is 19.8 Å². The van der Waals surface area contributed by atoms with Crippen molar-refractivity contribution in [3.63, 3.8) is 0 Å². The van der Waals surface area contributed by atoms with Crippen molar-refractivity contribution in [1.29, 1.82) is 0 Å². The van der Waals surface area contributed by atoms with Gasteiger partial charge in [0, 0.05) is 38.8 Å². The van der Waals surface area contributed by atoms with E-state index < -0.39 is 12.8 Å². The Labute approximate surface area is 190 Å². The second kappa shape index (κ2) is 16.4. The first-order valence-corrected chi connectivity index (χ1v) is 10.4. The van der Waals surface area contributed by atoms with E-state index in [9.17, 15) is 13.2 Å². The lowest BCUT2D eigenvalue weighted by atomic mass is 9.92. The van der Waals surface area contributed by atoms with Crippen LogP contribution in [-0.2, 0) is 9.47 Å². The molecule has 0 bridgehead atoms. The fourth-order valence-electron chi connectivity index (χ4n) is 3.40. The number of halogens is 4. The van der Waals surface area contributed by atoms with Crippen LogP contribution >= 0.6 is 24.0 Å². The summed E-state index contributed by atoms with van der Waals surface area (Å²) < 4.78 is 46.3. The molecule has 0 saturated carbocycles. The zero-order valence-electron chi connectivity index (χ0n) is 17.9.